The average Bonchev–Trinajstić information content (AvgIpc) is 2.72. The molecule has 2 aromatic rings. The Morgan fingerprint density at radius 2 is 1.89 bits per heavy atom. The molecule has 0 bridgehead atoms. The molecule has 1 amide bonds. The Labute approximate surface area is 162 Å². The molecule has 0 saturated carbocycles. The van der Waals surface area contributed by atoms with Gasteiger partial charge in [-0.15, -0.1) is 0 Å². The summed E-state index contributed by atoms with van der Waals surface area (Å²) < 4.78 is 9.96. The van der Waals surface area contributed by atoms with Crippen molar-refractivity contribution >= 4 is 12.4 Å². The van der Waals surface area contributed by atoms with Gasteiger partial charge < -0.3 is 30.1 Å². The number of aliphatic hydroxyl groups is 2. The molecule has 2 unspecified atom stereocenters. The summed E-state index contributed by atoms with van der Waals surface area (Å²) in [5, 5.41) is 32.9. The molecule has 0 aliphatic carbocycles. The zero-order valence-corrected chi connectivity index (χ0v) is 15.4. The molecule has 0 fully saturated rings. The summed E-state index contributed by atoms with van der Waals surface area (Å²) in [6.07, 6.45) is -2.98. The molecule has 150 valence electrons. The van der Waals surface area contributed by atoms with Crippen LogP contribution in [0.3, 0.4) is 0 Å². The first-order valence-electron chi connectivity index (χ1n) is 8.63. The van der Waals surface area contributed by atoms with Crippen molar-refractivity contribution in [3.05, 3.63) is 59.2 Å². The number of hydrogen-bond donors (Lipinski definition) is 4. The zero-order valence-electron chi connectivity index (χ0n) is 15.4. The number of rotatable bonds is 9. The maximum atomic E-state index is 11.7. The number of methoxy groups -OCH3 is 1. The molecule has 8 nitrogen and oxygen atoms in total. The van der Waals surface area contributed by atoms with Gasteiger partial charge >= 0.3 is 6.09 Å². The molecule has 2 rings (SSSR count). The first-order valence-corrected chi connectivity index (χ1v) is 8.63. The molecule has 0 heterocycles. The molecule has 0 saturated heterocycles. The minimum atomic E-state index is -1.43. The number of alkyl carbamates (subject to hydrolysis) is 1. The van der Waals surface area contributed by atoms with Crippen LogP contribution >= 0.6 is 0 Å². The van der Waals surface area contributed by atoms with Gasteiger partial charge in [0.25, 0.3) is 0 Å². The summed E-state index contributed by atoms with van der Waals surface area (Å²) in [6, 6.07) is 11.9. The fourth-order valence-electron chi connectivity index (χ4n) is 2.61. The van der Waals surface area contributed by atoms with Crippen LogP contribution in [-0.4, -0.2) is 47.5 Å². The van der Waals surface area contributed by atoms with E-state index >= 15 is 0 Å². The highest BCUT2D eigenvalue weighted by atomic mass is 16.5. The fourth-order valence-corrected chi connectivity index (χ4v) is 2.61. The van der Waals surface area contributed by atoms with E-state index in [1.54, 1.807) is 0 Å². The first kappa shape index (κ1) is 21.2. The zero-order chi connectivity index (χ0) is 20.5. The smallest absolute Gasteiger partial charge is 0.407 e. The quantitative estimate of drug-likeness (QED) is 0.483. The lowest BCUT2D eigenvalue weighted by Gasteiger charge is -2.20. The van der Waals surface area contributed by atoms with Crippen molar-refractivity contribution in [3.8, 4) is 11.5 Å². The molecule has 2 aromatic carbocycles. The standard InChI is InChI=1S/C20H23NO7/c1-27-17-8-7-14(15(11-22)19(17)25)18(24)16(23)9-10-21-20(26)28-12-13-5-3-2-4-6-13/h2-8,11,16,18,23-25H,9-10,12H2,1H3,(H,21,26). The highest BCUT2D eigenvalue weighted by Crippen LogP contribution is 2.34. The number of carbonyl (C=O) groups excluding carboxylic acids is 2. The van der Waals surface area contributed by atoms with Crippen LogP contribution in [0.5, 0.6) is 11.5 Å². The number of nitrogens with one attached hydrogen (secondary N) is 1. The van der Waals surface area contributed by atoms with E-state index in [1.165, 1.54) is 19.2 Å². The highest BCUT2D eigenvalue weighted by molar-refractivity contribution is 5.83. The van der Waals surface area contributed by atoms with E-state index < -0.39 is 24.1 Å². The van der Waals surface area contributed by atoms with Crippen molar-refractivity contribution in [3.63, 3.8) is 0 Å². The van der Waals surface area contributed by atoms with E-state index in [0.717, 1.165) is 5.56 Å². The number of phenolic OH excluding ortho intramolecular Hbond substituents is 1. The Balaban J connectivity index is 1.85. The van der Waals surface area contributed by atoms with E-state index in [4.69, 9.17) is 9.47 Å². The molecular formula is C20H23NO7. The van der Waals surface area contributed by atoms with Gasteiger partial charge in [-0.1, -0.05) is 36.4 Å². The highest BCUT2D eigenvalue weighted by Gasteiger charge is 2.24. The summed E-state index contributed by atoms with van der Waals surface area (Å²) in [7, 11) is 1.33. The van der Waals surface area contributed by atoms with Gasteiger partial charge in [-0.2, -0.15) is 0 Å². The second kappa shape index (κ2) is 10.3. The largest absolute Gasteiger partial charge is 0.504 e. The Morgan fingerprint density at radius 1 is 1.18 bits per heavy atom. The van der Waals surface area contributed by atoms with Crippen molar-refractivity contribution in [2.24, 2.45) is 0 Å². The third kappa shape index (κ3) is 5.45. The van der Waals surface area contributed by atoms with Gasteiger partial charge in [-0.05, 0) is 23.6 Å². The normalized spacial score (nSPS) is 12.7. The van der Waals surface area contributed by atoms with Crippen LogP contribution in [0.25, 0.3) is 0 Å². The Bertz CT molecular complexity index is 795. The summed E-state index contributed by atoms with van der Waals surface area (Å²) >= 11 is 0. The van der Waals surface area contributed by atoms with Crippen LogP contribution in [0.2, 0.25) is 0 Å². The number of hydrogen-bond acceptors (Lipinski definition) is 7. The van der Waals surface area contributed by atoms with Crippen molar-refractivity contribution in [1.82, 2.24) is 5.32 Å². The van der Waals surface area contributed by atoms with Crippen LogP contribution in [0.4, 0.5) is 4.79 Å². The lowest BCUT2D eigenvalue weighted by molar-refractivity contribution is 0.0132. The number of aldehydes is 1. The van der Waals surface area contributed by atoms with Crippen LogP contribution in [-0.2, 0) is 11.3 Å². The maximum absolute atomic E-state index is 11.7. The Kier molecular flexibility index (Phi) is 7.79. The van der Waals surface area contributed by atoms with Gasteiger partial charge in [0.15, 0.2) is 17.8 Å². The maximum Gasteiger partial charge on any atom is 0.407 e. The van der Waals surface area contributed by atoms with Gasteiger partial charge in [0.1, 0.15) is 12.7 Å². The lowest BCUT2D eigenvalue weighted by atomic mass is 9.96. The van der Waals surface area contributed by atoms with E-state index in [2.05, 4.69) is 5.32 Å². The van der Waals surface area contributed by atoms with Gasteiger partial charge in [0, 0.05) is 6.54 Å². The predicted molar refractivity (Wildman–Crippen MR) is 100 cm³/mol. The number of aliphatic hydroxyl groups excluding tert-OH is 2. The Morgan fingerprint density at radius 3 is 2.54 bits per heavy atom. The second-order valence-corrected chi connectivity index (χ2v) is 6.03. The molecule has 2 atom stereocenters. The third-order valence-corrected chi connectivity index (χ3v) is 4.16. The second-order valence-electron chi connectivity index (χ2n) is 6.03. The topological polar surface area (TPSA) is 125 Å². The predicted octanol–water partition coefficient (Wildman–Crippen LogP) is 1.92. The van der Waals surface area contributed by atoms with Gasteiger partial charge in [-0.3, -0.25) is 4.79 Å². The lowest BCUT2D eigenvalue weighted by Crippen LogP contribution is -2.30. The van der Waals surface area contributed by atoms with Crippen molar-refractivity contribution in [1.29, 1.82) is 0 Å². The number of carbonyl (C=O) groups is 2. The van der Waals surface area contributed by atoms with Gasteiger partial charge in [0.05, 0.1) is 18.8 Å². The minimum absolute atomic E-state index is 0.00664. The summed E-state index contributed by atoms with van der Waals surface area (Å²) in [5.74, 6) is -0.334. The molecule has 4 N–H and O–H groups in total. The molecule has 0 aliphatic rings. The summed E-state index contributed by atoms with van der Waals surface area (Å²) in [5.41, 5.74) is 0.738. The summed E-state index contributed by atoms with van der Waals surface area (Å²) in [6.45, 7) is 0.163. The summed E-state index contributed by atoms with van der Waals surface area (Å²) in [4.78, 5) is 22.9. The van der Waals surface area contributed by atoms with Crippen LogP contribution in [0.15, 0.2) is 42.5 Å². The van der Waals surface area contributed by atoms with Gasteiger partial charge in [-0.25, -0.2) is 4.79 Å². The van der Waals surface area contributed by atoms with Crippen LogP contribution < -0.4 is 10.1 Å². The van der Waals surface area contributed by atoms with E-state index in [-0.39, 0.29) is 36.4 Å². The molecule has 28 heavy (non-hydrogen) atoms. The number of aromatic hydroxyl groups is 1. The molecular weight excluding hydrogens is 366 g/mol. The number of amides is 1. The molecule has 0 spiro atoms. The third-order valence-electron chi connectivity index (χ3n) is 4.16. The molecule has 8 heteroatoms. The molecule has 0 aliphatic heterocycles. The van der Waals surface area contributed by atoms with Crippen molar-refractivity contribution in [2.75, 3.05) is 13.7 Å². The average molecular weight is 389 g/mol. The molecule has 0 aromatic heterocycles. The van der Waals surface area contributed by atoms with E-state index in [9.17, 15) is 24.9 Å². The van der Waals surface area contributed by atoms with Crippen molar-refractivity contribution < 1.29 is 34.4 Å². The first-order chi connectivity index (χ1) is 13.5. The minimum Gasteiger partial charge on any atom is -0.504 e. The Hall–Kier alpha value is -3.10. The van der Waals surface area contributed by atoms with E-state index in [1.807, 2.05) is 30.3 Å². The molecule has 0 radical (unpaired) electrons. The van der Waals surface area contributed by atoms with Crippen LogP contribution in [0, 0.1) is 0 Å². The van der Waals surface area contributed by atoms with Crippen molar-refractivity contribution in [2.45, 2.75) is 25.2 Å². The number of ether oxygens (including phenoxy) is 2. The number of phenols is 1. The monoisotopic (exact) mass is 389 g/mol. The van der Waals surface area contributed by atoms with Crippen LogP contribution in [0.1, 0.15) is 34.0 Å². The number of benzene rings is 2. The van der Waals surface area contributed by atoms with Gasteiger partial charge in [0.2, 0.25) is 0 Å². The fraction of sp³-hybridized carbons (Fsp3) is 0.300. The SMILES string of the molecule is COc1ccc(C(O)C(O)CCNC(=O)OCc2ccccc2)c(C=O)c1O. The van der Waals surface area contributed by atoms with E-state index in [0.29, 0.717) is 6.29 Å².